The summed E-state index contributed by atoms with van der Waals surface area (Å²) in [6.07, 6.45) is 0.826. The van der Waals surface area contributed by atoms with E-state index in [1.54, 1.807) is 0 Å². The summed E-state index contributed by atoms with van der Waals surface area (Å²) in [5, 5.41) is 7.25. The van der Waals surface area contributed by atoms with Gasteiger partial charge in [-0.2, -0.15) is 0 Å². The Kier molecular flexibility index (Phi) is 3.04. The first-order chi connectivity index (χ1) is 9.56. The molecule has 0 aliphatic carbocycles. The summed E-state index contributed by atoms with van der Waals surface area (Å²) in [4.78, 5) is 23.1. The van der Waals surface area contributed by atoms with Crippen LogP contribution in [0.25, 0.3) is 11.0 Å². The van der Waals surface area contributed by atoms with Gasteiger partial charge in [0.15, 0.2) is 5.58 Å². The molecule has 1 aliphatic rings. The Morgan fingerprint density at radius 2 is 2.15 bits per heavy atom. The van der Waals surface area contributed by atoms with Crippen molar-refractivity contribution in [3.63, 3.8) is 0 Å². The Bertz CT molecular complexity index is 687. The molecule has 20 heavy (non-hydrogen) atoms. The molecule has 3 rings (SSSR count). The van der Waals surface area contributed by atoms with Gasteiger partial charge in [0, 0.05) is 11.8 Å². The summed E-state index contributed by atoms with van der Waals surface area (Å²) in [5.74, 6) is -0.507. The Morgan fingerprint density at radius 3 is 2.85 bits per heavy atom. The molecule has 0 radical (unpaired) electrons. The molecule has 104 valence electrons. The third-order valence-electron chi connectivity index (χ3n) is 3.76. The van der Waals surface area contributed by atoms with E-state index >= 15 is 0 Å². The minimum absolute atomic E-state index is 0.221. The summed E-state index contributed by atoms with van der Waals surface area (Å²) < 4.78 is 5.35. The molecule has 0 spiro atoms. The fourth-order valence-electron chi connectivity index (χ4n) is 2.54. The summed E-state index contributed by atoms with van der Waals surface area (Å²) in [6.45, 7) is 4.22. The highest BCUT2D eigenvalue weighted by molar-refractivity contribution is 6.02. The van der Waals surface area contributed by atoms with E-state index < -0.39 is 5.92 Å². The zero-order chi connectivity index (χ0) is 14.3. The van der Waals surface area contributed by atoms with Crippen LogP contribution in [-0.4, -0.2) is 17.0 Å². The van der Waals surface area contributed by atoms with Gasteiger partial charge < -0.3 is 4.52 Å². The zero-order valence-corrected chi connectivity index (χ0v) is 11.5. The molecule has 2 amide bonds. The molecule has 1 N–H and O–H groups in total. The zero-order valence-electron chi connectivity index (χ0n) is 11.5. The number of aromatic nitrogens is 1. The van der Waals surface area contributed by atoms with Crippen LogP contribution in [-0.2, 0) is 9.59 Å². The average Bonchev–Trinajstić information content (AvgIpc) is 2.81. The third-order valence-corrected chi connectivity index (χ3v) is 3.76. The number of piperidine rings is 1. The van der Waals surface area contributed by atoms with E-state index in [9.17, 15) is 9.59 Å². The van der Waals surface area contributed by atoms with Gasteiger partial charge in [-0.25, -0.2) is 0 Å². The van der Waals surface area contributed by atoms with Crippen molar-refractivity contribution in [3.05, 3.63) is 29.5 Å². The summed E-state index contributed by atoms with van der Waals surface area (Å²) in [7, 11) is 0. The van der Waals surface area contributed by atoms with E-state index in [2.05, 4.69) is 24.3 Å². The Balaban J connectivity index is 2.00. The van der Waals surface area contributed by atoms with Gasteiger partial charge in [0.25, 0.3) is 0 Å². The van der Waals surface area contributed by atoms with E-state index in [0.29, 0.717) is 30.0 Å². The number of nitrogens with one attached hydrogen (secondary N) is 1. The second kappa shape index (κ2) is 4.74. The standard InChI is InChI=1S/C15H16N2O3/c1-8(2)9-3-4-10-12(7-9)20-17-14(10)11-5-6-13(18)16-15(11)19/h3-4,7-8,11H,5-6H2,1-2H3,(H,16,18,19). The van der Waals surface area contributed by atoms with Crippen LogP contribution in [0.3, 0.4) is 0 Å². The lowest BCUT2D eigenvalue weighted by molar-refractivity contribution is -0.134. The highest BCUT2D eigenvalue weighted by atomic mass is 16.5. The normalized spacial score (nSPS) is 19.6. The lowest BCUT2D eigenvalue weighted by atomic mass is 9.92. The molecule has 1 aliphatic heterocycles. The maximum atomic E-state index is 11.9. The Hall–Kier alpha value is -2.17. The van der Waals surface area contributed by atoms with Crippen LogP contribution in [0.4, 0.5) is 0 Å². The highest BCUT2D eigenvalue weighted by Gasteiger charge is 2.31. The predicted octanol–water partition coefficient (Wildman–Crippen LogP) is 2.47. The van der Waals surface area contributed by atoms with Crippen molar-refractivity contribution in [1.29, 1.82) is 0 Å². The molecule has 1 saturated heterocycles. The molecule has 1 aromatic heterocycles. The number of rotatable bonds is 2. The van der Waals surface area contributed by atoms with Crippen LogP contribution in [0.15, 0.2) is 22.7 Å². The fourth-order valence-corrected chi connectivity index (χ4v) is 2.54. The van der Waals surface area contributed by atoms with Crippen molar-refractivity contribution >= 4 is 22.8 Å². The first-order valence-corrected chi connectivity index (χ1v) is 6.79. The molecule has 1 fully saturated rings. The van der Waals surface area contributed by atoms with Gasteiger partial charge in [0.2, 0.25) is 11.8 Å². The van der Waals surface area contributed by atoms with E-state index in [1.807, 2.05) is 18.2 Å². The second-order valence-electron chi connectivity index (χ2n) is 5.48. The number of carbonyl (C=O) groups excluding carboxylic acids is 2. The molecule has 2 aromatic rings. The second-order valence-corrected chi connectivity index (χ2v) is 5.48. The first-order valence-electron chi connectivity index (χ1n) is 6.79. The number of hydrogen-bond donors (Lipinski definition) is 1. The van der Waals surface area contributed by atoms with Gasteiger partial charge in [-0.05, 0) is 30.0 Å². The molecular weight excluding hydrogens is 256 g/mol. The SMILES string of the molecule is CC(C)c1ccc2c(C3CCC(=O)NC3=O)noc2c1. The minimum atomic E-state index is -0.404. The molecule has 1 aromatic carbocycles. The van der Waals surface area contributed by atoms with E-state index in [-0.39, 0.29) is 11.8 Å². The van der Waals surface area contributed by atoms with E-state index in [0.717, 1.165) is 5.39 Å². The third kappa shape index (κ3) is 2.09. The summed E-state index contributed by atoms with van der Waals surface area (Å²) >= 11 is 0. The maximum absolute atomic E-state index is 11.9. The van der Waals surface area contributed by atoms with Crippen LogP contribution in [0.5, 0.6) is 0 Å². The molecule has 5 nitrogen and oxygen atoms in total. The minimum Gasteiger partial charge on any atom is -0.356 e. The number of imide groups is 1. The lowest BCUT2D eigenvalue weighted by Crippen LogP contribution is -2.39. The van der Waals surface area contributed by atoms with Crippen LogP contribution in [0.2, 0.25) is 0 Å². The quantitative estimate of drug-likeness (QED) is 0.852. The molecule has 1 unspecified atom stereocenters. The van der Waals surface area contributed by atoms with Crippen LogP contribution >= 0.6 is 0 Å². The van der Waals surface area contributed by atoms with Crippen molar-refractivity contribution in [2.24, 2.45) is 0 Å². The number of benzene rings is 1. The van der Waals surface area contributed by atoms with Gasteiger partial charge in [0.05, 0.1) is 5.92 Å². The van der Waals surface area contributed by atoms with Crippen molar-refractivity contribution in [2.45, 2.75) is 38.5 Å². The lowest BCUT2D eigenvalue weighted by Gasteiger charge is -2.18. The van der Waals surface area contributed by atoms with E-state index in [1.165, 1.54) is 5.56 Å². The van der Waals surface area contributed by atoms with Crippen LogP contribution < -0.4 is 5.32 Å². The van der Waals surface area contributed by atoms with Gasteiger partial charge in [-0.15, -0.1) is 0 Å². The number of hydrogen-bond acceptors (Lipinski definition) is 4. The highest BCUT2D eigenvalue weighted by Crippen LogP contribution is 2.31. The molecule has 0 bridgehead atoms. The Labute approximate surface area is 116 Å². The average molecular weight is 272 g/mol. The Morgan fingerprint density at radius 1 is 1.35 bits per heavy atom. The van der Waals surface area contributed by atoms with Gasteiger partial charge in [-0.1, -0.05) is 25.1 Å². The number of carbonyl (C=O) groups is 2. The van der Waals surface area contributed by atoms with Crippen molar-refractivity contribution < 1.29 is 14.1 Å². The summed E-state index contributed by atoms with van der Waals surface area (Å²) in [6, 6.07) is 5.93. The van der Waals surface area contributed by atoms with Gasteiger partial charge >= 0.3 is 0 Å². The largest absolute Gasteiger partial charge is 0.356 e. The first kappa shape index (κ1) is 12.8. The maximum Gasteiger partial charge on any atom is 0.235 e. The summed E-state index contributed by atoms with van der Waals surface area (Å²) in [5.41, 5.74) is 2.49. The van der Waals surface area contributed by atoms with Crippen LogP contribution in [0, 0.1) is 0 Å². The van der Waals surface area contributed by atoms with Gasteiger partial charge in [0.1, 0.15) is 5.69 Å². The van der Waals surface area contributed by atoms with Gasteiger partial charge in [-0.3, -0.25) is 14.9 Å². The number of nitrogens with zero attached hydrogens (tertiary/aromatic N) is 1. The number of amides is 2. The van der Waals surface area contributed by atoms with E-state index in [4.69, 9.17) is 4.52 Å². The smallest absolute Gasteiger partial charge is 0.235 e. The monoisotopic (exact) mass is 272 g/mol. The molecule has 5 heteroatoms. The predicted molar refractivity (Wildman–Crippen MR) is 73.2 cm³/mol. The molecule has 1 atom stereocenters. The van der Waals surface area contributed by atoms with Crippen molar-refractivity contribution in [3.8, 4) is 0 Å². The molecular formula is C15H16N2O3. The molecule has 2 heterocycles. The molecule has 0 saturated carbocycles. The van der Waals surface area contributed by atoms with Crippen molar-refractivity contribution in [1.82, 2.24) is 10.5 Å². The number of fused-ring (bicyclic) bond motifs is 1. The fraction of sp³-hybridized carbons (Fsp3) is 0.400. The van der Waals surface area contributed by atoms with Crippen LogP contribution in [0.1, 0.15) is 49.8 Å². The van der Waals surface area contributed by atoms with Crippen molar-refractivity contribution in [2.75, 3.05) is 0 Å². The topological polar surface area (TPSA) is 72.2 Å².